The highest BCUT2D eigenvalue weighted by molar-refractivity contribution is 7.15. The lowest BCUT2D eigenvalue weighted by molar-refractivity contribution is 0.339. The number of halogens is 1. The fraction of sp³-hybridized carbons (Fsp3) is 0.105. The van der Waals surface area contributed by atoms with E-state index in [0.29, 0.717) is 26.9 Å². The van der Waals surface area contributed by atoms with Gasteiger partial charge in [-0.1, -0.05) is 53.3 Å². The fourth-order valence-electron chi connectivity index (χ4n) is 2.61. The average Bonchev–Trinajstić information content (AvgIpc) is 3.17. The Morgan fingerprint density at radius 3 is 2.85 bits per heavy atom. The van der Waals surface area contributed by atoms with Crippen LogP contribution in [0.1, 0.15) is 12.5 Å². The Balaban J connectivity index is 1.81. The Labute approximate surface area is 158 Å². The molecule has 0 aliphatic rings. The van der Waals surface area contributed by atoms with Crippen molar-refractivity contribution in [3.05, 3.63) is 74.0 Å². The zero-order valence-electron chi connectivity index (χ0n) is 13.8. The third-order valence-corrected chi connectivity index (χ3v) is 4.96. The Morgan fingerprint density at radius 1 is 1.23 bits per heavy atom. The first-order chi connectivity index (χ1) is 12.7. The normalized spacial score (nSPS) is 12.0. The monoisotopic (exact) mass is 383 g/mol. The molecule has 0 atom stereocenters. The van der Waals surface area contributed by atoms with Crippen molar-refractivity contribution in [2.24, 2.45) is 0 Å². The third-order valence-electron chi connectivity index (χ3n) is 3.77. The van der Waals surface area contributed by atoms with Gasteiger partial charge in [-0.2, -0.15) is 9.50 Å². The summed E-state index contributed by atoms with van der Waals surface area (Å²) in [4.78, 5) is 17.7. The van der Waals surface area contributed by atoms with Crippen LogP contribution in [-0.2, 0) is 0 Å². The highest BCUT2D eigenvalue weighted by Crippen LogP contribution is 2.21. The lowest BCUT2D eigenvalue weighted by Crippen LogP contribution is -2.23. The minimum absolute atomic E-state index is 0.197. The van der Waals surface area contributed by atoms with Gasteiger partial charge in [0.05, 0.1) is 11.1 Å². The van der Waals surface area contributed by atoms with Gasteiger partial charge in [-0.15, -0.1) is 5.10 Å². The van der Waals surface area contributed by atoms with E-state index in [1.165, 1.54) is 15.9 Å². The molecule has 0 saturated heterocycles. The summed E-state index contributed by atoms with van der Waals surface area (Å²) in [6, 6.07) is 14.9. The molecule has 0 amide bonds. The summed E-state index contributed by atoms with van der Waals surface area (Å²) < 4.78 is 7.50. The van der Waals surface area contributed by atoms with E-state index in [4.69, 9.17) is 16.3 Å². The highest BCUT2D eigenvalue weighted by Gasteiger charge is 2.12. The molecule has 130 valence electrons. The van der Waals surface area contributed by atoms with E-state index in [9.17, 15) is 4.79 Å². The number of ether oxygens (including phenoxy) is 1. The second-order valence-corrected chi connectivity index (χ2v) is 6.97. The number of nitrogens with zero attached hydrogens (tertiary/aromatic N) is 3. The lowest BCUT2D eigenvalue weighted by atomic mass is 10.2. The van der Waals surface area contributed by atoms with Crippen molar-refractivity contribution >= 4 is 34.0 Å². The van der Waals surface area contributed by atoms with E-state index in [2.05, 4.69) is 10.1 Å². The molecule has 0 spiro atoms. The van der Waals surface area contributed by atoms with Crippen molar-refractivity contribution in [2.75, 3.05) is 6.61 Å². The van der Waals surface area contributed by atoms with Crippen LogP contribution < -0.4 is 14.8 Å². The second-order valence-electron chi connectivity index (χ2n) is 5.53. The zero-order chi connectivity index (χ0) is 18.1. The zero-order valence-corrected chi connectivity index (χ0v) is 15.4. The number of benzene rings is 2. The summed E-state index contributed by atoms with van der Waals surface area (Å²) in [5.74, 6) is 1.23. The standard InChI is InChI=1S/C19H14ClN3O2S/c1-2-25-15-9-4-3-6-12(15)11-16-18(24)23-19(26-16)21-17(22-23)13-7-5-8-14(20)10-13/h3-11H,2H2,1H3/b16-11+. The molecule has 0 radical (unpaired) electrons. The molecule has 26 heavy (non-hydrogen) atoms. The van der Waals surface area contributed by atoms with Gasteiger partial charge in [0, 0.05) is 16.1 Å². The number of fused-ring (bicyclic) bond motifs is 1. The first-order valence-corrected chi connectivity index (χ1v) is 9.24. The average molecular weight is 384 g/mol. The quantitative estimate of drug-likeness (QED) is 0.542. The molecule has 4 rings (SSSR count). The van der Waals surface area contributed by atoms with Crippen molar-refractivity contribution < 1.29 is 4.74 Å². The van der Waals surface area contributed by atoms with E-state index in [-0.39, 0.29) is 5.56 Å². The molecule has 2 aromatic carbocycles. The number of hydrogen-bond donors (Lipinski definition) is 0. The van der Waals surface area contributed by atoms with E-state index >= 15 is 0 Å². The smallest absolute Gasteiger partial charge is 0.291 e. The van der Waals surface area contributed by atoms with Crippen molar-refractivity contribution in [3.8, 4) is 17.1 Å². The lowest BCUT2D eigenvalue weighted by Gasteiger charge is -2.05. The molecule has 2 heterocycles. The summed E-state index contributed by atoms with van der Waals surface area (Å²) in [6.07, 6.45) is 1.81. The van der Waals surface area contributed by atoms with Crippen molar-refractivity contribution in [2.45, 2.75) is 6.92 Å². The molecule has 0 aliphatic carbocycles. The summed E-state index contributed by atoms with van der Waals surface area (Å²) in [7, 11) is 0. The third kappa shape index (κ3) is 3.09. The Hall–Kier alpha value is -2.70. The minimum atomic E-state index is -0.197. The van der Waals surface area contributed by atoms with E-state index < -0.39 is 0 Å². The predicted molar refractivity (Wildman–Crippen MR) is 104 cm³/mol. The van der Waals surface area contributed by atoms with Crippen LogP contribution in [0, 0.1) is 0 Å². The summed E-state index contributed by atoms with van der Waals surface area (Å²) in [6.45, 7) is 2.49. The van der Waals surface area contributed by atoms with E-state index in [0.717, 1.165) is 16.9 Å². The van der Waals surface area contributed by atoms with E-state index in [1.54, 1.807) is 12.1 Å². The van der Waals surface area contributed by atoms with Gasteiger partial charge in [-0.05, 0) is 31.2 Å². The number of hydrogen-bond acceptors (Lipinski definition) is 5. The van der Waals surface area contributed by atoms with Crippen molar-refractivity contribution in [3.63, 3.8) is 0 Å². The Morgan fingerprint density at radius 2 is 2.08 bits per heavy atom. The number of rotatable bonds is 4. The van der Waals surface area contributed by atoms with Gasteiger partial charge in [0.25, 0.3) is 5.56 Å². The molecule has 2 aromatic heterocycles. The first-order valence-electron chi connectivity index (χ1n) is 8.05. The molecular weight excluding hydrogens is 370 g/mol. The Kier molecular flexibility index (Phi) is 4.44. The molecule has 0 bridgehead atoms. The number of thiazole rings is 1. The van der Waals surface area contributed by atoms with Crippen molar-refractivity contribution in [1.29, 1.82) is 0 Å². The predicted octanol–water partition coefficient (Wildman–Crippen LogP) is 3.42. The van der Waals surface area contributed by atoms with Crippen LogP contribution in [-0.4, -0.2) is 21.2 Å². The van der Waals surface area contributed by atoms with Crippen LogP contribution >= 0.6 is 22.9 Å². The van der Waals surface area contributed by atoms with Gasteiger partial charge >= 0.3 is 0 Å². The van der Waals surface area contributed by atoms with Gasteiger partial charge in [0.2, 0.25) is 4.96 Å². The second kappa shape index (κ2) is 6.90. The molecule has 7 heteroatoms. The van der Waals surface area contributed by atoms with Gasteiger partial charge in [-0.3, -0.25) is 4.79 Å². The number of aromatic nitrogens is 3. The molecule has 0 fully saturated rings. The summed E-state index contributed by atoms with van der Waals surface area (Å²) in [5.41, 5.74) is 1.43. The van der Waals surface area contributed by atoms with Crippen LogP contribution in [0.25, 0.3) is 22.4 Å². The maximum atomic E-state index is 12.7. The van der Waals surface area contributed by atoms with Gasteiger partial charge in [0.15, 0.2) is 5.82 Å². The fourth-order valence-corrected chi connectivity index (χ4v) is 3.70. The maximum Gasteiger partial charge on any atom is 0.291 e. The maximum absolute atomic E-state index is 12.7. The molecular formula is C19H14ClN3O2S. The molecule has 0 saturated carbocycles. The van der Waals surface area contributed by atoms with Gasteiger partial charge in [0.1, 0.15) is 5.75 Å². The minimum Gasteiger partial charge on any atom is -0.493 e. The topological polar surface area (TPSA) is 56.5 Å². The van der Waals surface area contributed by atoms with Crippen LogP contribution in [0.3, 0.4) is 0 Å². The van der Waals surface area contributed by atoms with Crippen molar-refractivity contribution in [1.82, 2.24) is 14.6 Å². The van der Waals surface area contributed by atoms with Crippen LogP contribution in [0.2, 0.25) is 5.02 Å². The van der Waals surface area contributed by atoms with Crippen LogP contribution in [0.5, 0.6) is 5.75 Å². The first kappa shape index (κ1) is 16.8. The molecule has 4 aromatic rings. The van der Waals surface area contributed by atoms with E-state index in [1.807, 2.05) is 49.4 Å². The van der Waals surface area contributed by atoms with Gasteiger partial charge in [-0.25, -0.2) is 0 Å². The molecule has 0 aliphatic heterocycles. The van der Waals surface area contributed by atoms with Crippen LogP contribution in [0.15, 0.2) is 53.3 Å². The largest absolute Gasteiger partial charge is 0.493 e. The molecule has 0 unspecified atom stereocenters. The SMILES string of the molecule is CCOc1ccccc1/C=c1/sc2nc(-c3cccc(Cl)c3)nn2c1=O. The molecule has 0 N–H and O–H groups in total. The Bertz CT molecular complexity index is 1200. The number of para-hydroxylation sites is 1. The van der Waals surface area contributed by atoms with Gasteiger partial charge < -0.3 is 4.74 Å². The van der Waals surface area contributed by atoms with Crippen LogP contribution in [0.4, 0.5) is 0 Å². The molecule has 5 nitrogen and oxygen atoms in total. The summed E-state index contributed by atoms with van der Waals surface area (Å²) in [5, 5.41) is 4.94. The summed E-state index contributed by atoms with van der Waals surface area (Å²) >= 11 is 7.31. The highest BCUT2D eigenvalue weighted by atomic mass is 35.5.